The van der Waals surface area contributed by atoms with E-state index in [0.29, 0.717) is 11.8 Å². The van der Waals surface area contributed by atoms with E-state index in [-0.39, 0.29) is 6.10 Å². The number of rotatable bonds is 4. The van der Waals surface area contributed by atoms with Crippen molar-refractivity contribution in [2.75, 3.05) is 18.0 Å². The lowest BCUT2D eigenvalue weighted by Gasteiger charge is -2.24. The summed E-state index contributed by atoms with van der Waals surface area (Å²) < 4.78 is 0. The Kier molecular flexibility index (Phi) is 3.43. The Morgan fingerprint density at radius 3 is 2.81 bits per heavy atom. The molecule has 2 N–H and O–H groups in total. The molecule has 0 amide bonds. The Morgan fingerprint density at radius 2 is 2.05 bits per heavy atom. The van der Waals surface area contributed by atoms with Crippen molar-refractivity contribution in [3.63, 3.8) is 0 Å². The maximum absolute atomic E-state index is 10.1. The summed E-state index contributed by atoms with van der Waals surface area (Å²) in [6.45, 7) is 5.31. The van der Waals surface area contributed by atoms with E-state index in [1.165, 1.54) is 36.1 Å². The van der Waals surface area contributed by atoms with E-state index < -0.39 is 0 Å². The van der Waals surface area contributed by atoms with Crippen molar-refractivity contribution < 1.29 is 5.11 Å². The van der Waals surface area contributed by atoms with Crippen molar-refractivity contribution in [2.45, 2.75) is 51.3 Å². The van der Waals surface area contributed by atoms with E-state index in [0.717, 1.165) is 32.1 Å². The van der Waals surface area contributed by atoms with Gasteiger partial charge in [-0.2, -0.15) is 0 Å². The van der Waals surface area contributed by atoms with Gasteiger partial charge in [0.1, 0.15) is 0 Å². The summed E-state index contributed by atoms with van der Waals surface area (Å²) in [4.78, 5) is 2.51. The highest BCUT2D eigenvalue weighted by molar-refractivity contribution is 5.56. The first kappa shape index (κ1) is 13.6. The zero-order valence-corrected chi connectivity index (χ0v) is 12.9. The van der Waals surface area contributed by atoms with Crippen LogP contribution in [0.5, 0.6) is 0 Å². The number of hydrogen-bond acceptors (Lipinski definition) is 3. The summed E-state index contributed by atoms with van der Waals surface area (Å²) in [5, 5.41) is 13.8. The average Bonchev–Trinajstić information content (AvgIpc) is 3.11. The van der Waals surface area contributed by atoms with Crippen LogP contribution in [0.2, 0.25) is 0 Å². The van der Waals surface area contributed by atoms with Crippen LogP contribution < -0.4 is 10.2 Å². The van der Waals surface area contributed by atoms with Crippen LogP contribution in [0.25, 0.3) is 0 Å². The van der Waals surface area contributed by atoms with Gasteiger partial charge in [-0.05, 0) is 50.2 Å². The minimum absolute atomic E-state index is 0.0708. The highest BCUT2D eigenvalue weighted by Gasteiger charge is 2.42. The molecule has 0 bridgehead atoms. The number of fused-ring (bicyclic) bond motifs is 1. The molecule has 21 heavy (non-hydrogen) atoms. The first-order chi connectivity index (χ1) is 10.2. The number of aliphatic hydroxyl groups is 1. The molecule has 0 radical (unpaired) electrons. The van der Waals surface area contributed by atoms with Gasteiger partial charge in [0, 0.05) is 37.3 Å². The minimum Gasteiger partial charge on any atom is -0.393 e. The van der Waals surface area contributed by atoms with Gasteiger partial charge in [-0.1, -0.05) is 17.7 Å². The topological polar surface area (TPSA) is 35.5 Å². The van der Waals surface area contributed by atoms with Crippen LogP contribution in [0.1, 0.15) is 36.8 Å². The lowest BCUT2D eigenvalue weighted by atomic mass is 10.00. The van der Waals surface area contributed by atoms with Gasteiger partial charge in [0.25, 0.3) is 0 Å². The fourth-order valence-corrected chi connectivity index (χ4v) is 4.14. The van der Waals surface area contributed by atoms with Crippen LogP contribution in [0.4, 0.5) is 5.69 Å². The number of aliphatic hydroxyl groups excluding tert-OH is 1. The van der Waals surface area contributed by atoms with Crippen molar-refractivity contribution in [1.82, 2.24) is 5.32 Å². The van der Waals surface area contributed by atoms with Crippen LogP contribution >= 0.6 is 0 Å². The third-order valence-corrected chi connectivity index (χ3v) is 5.55. The first-order valence-electron chi connectivity index (χ1n) is 8.46. The second-order valence-electron chi connectivity index (χ2n) is 7.26. The summed E-state index contributed by atoms with van der Waals surface area (Å²) in [7, 11) is 0. The van der Waals surface area contributed by atoms with Crippen molar-refractivity contribution in [3.8, 4) is 0 Å². The second-order valence-corrected chi connectivity index (χ2v) is 7.26. The van der Waals surface area contributed by atoms with Crippen LogP contribution in [0.15, 0.2) is 18.2 Å². The number of anilines is 1. The smallest absolute Gasteiger partial charge is 0.0588 e. The van der Waals surface area contributed by atoms with Crippen molar-refractivity contribution in [2.24, 2.45) is 11.8 Å². The van der Waals surface area contributed by atoms with E-state index in [1.807, 2.05) is 0 Å². The second kappa shape index (κ2) is 5.29. The zero-order chi connectivity index (χ0) is 14.4. The highest BCUT2D eigenvalue weighted by atomic mass is 16.3. The maximum atomic E-state index is 10.1. The molecule has 3 fully saturated rings. The molecule has 3 unspecified atom stereocenters. The summed E-state index contributed by atoms with van der Waals surface area (Å²) in [5.74, 6) is 1.20. The number of nitrogens with one attached hydrogen (secondary N) is 1. The molecular formula is C18H26N2O. The van der Waals surface area contributed by atoms with Crippen LogP contribution in [0, 0.1) is 18.8 Å². The van der Waals surface area contributed by atoms with Gasteiger partial charge in [0.2, 0.25) is 0 Å². The third kappa shape index (κ3) is 2.69. The van der Waals surface area contributed by atoms with E-state index in [1.54, 1.807) is 0 Å². The zero-order valence-electron chi connectivity index (χ0n) is 12.9. The fourth-order valence-electron chi connectivity index (χ4n) is 4.14. The molecule has 1 aliphatic heterocycles. The molecule has 114 valence electrons. The van der Waals surface area contributed by atoms with Gasteiger partial charge in [0.05, 0.1) is 6.10 Å². The average molecular weight is 286 g/mol. The molecule has 1 aromatic rings. The molecular weight excluding hydrogens is 260 g/mol. The number of nitrogens with zero attached hydrogens (tertiary/aromatic N) is 1. The summed E-state index contributed by atoms with van der Waals surface area (Å²) in [5.41, 5.74) is 4.15. The molecule has 1 heterocycles. The first-order valence-corrected chi connectivity index (χ1v) is 8.46. The molecule has 0 spiro atoms. The molecule has 1 saturated heterocycles. The fraction of sp³-hybridized carbons (Fsp3) is 0.667. The SMILES string of the molecule is Cc1ccc(N2CC3CCC(O)C3C2)c(CNC2CC2)c1. The van der Waals surface area contributed by atoms with Crippen LogP contribution in [0.3, 0.4) is 0 Å². The molecule has 3 atom stereocenters. The Bertz CT molecular complexity index is 526. The van der Waals surface area contributed by atoms with E-state index in [4.69, 9.17) is 0 Å². The summed E-state index contributed by atoms with van der Waals surface area (Å²) in [6.07, 6.45) is 4.80. The number of benzene rings is 1. The van der Waals surface area contributed by atoms with E-state index >= 15 is 0 Å². The van der Waals surface area contributed by atoms with Crippen molar-refractivity contribution in [1.29, 1.82) is 0 Å². The lowest BCUT2D eigenvalue weighted by Crippen LogP contribution is -2.26. The van der Waals surface area contributed by atoms with E-state index in [9.17, 15) is 5.11 Å². The van der Waals surface area contributed by atoms with Crippen molar-refractivity contribution >= 4 is 5.69 Å². The number of aryl methyl sites for hydroxylation is 1. The quantitative estimate of drug-likeness (QED) is 0.892. The largest absolute Gasteiger partial charge is 0.393 e. The third-order valence-electron chi connectivity index (χ3n) is 5.55. The summed E-state index contributed by atoms with van der Waals surface area (Å²) in [6, 6.07) is 7.58. The lowest BCUT2D eigenvalue weighted by molar-refractivity contribution is 0.133. The Labute approximate surface area is 127 Å². The predicted octanol–water partition coefficient (Wildman–Crippen LogP) is 2.45. The van der Waals surface area contributed by atoms with Gasteiger partial charge in [-0.25, -0.2) is 0 Å². The van der Waals surface area contributed by atoms with Crippen LogP contribution in [-0.2, 0) is 6.54 Å². The normalized spacial score (nSPS) is 31.7. The highest BCUT2D eigenvalue weighted by Crippen LogP contribution is 2.40. The number of hydrogen-bond donors (Lipinski definition) is 2. The Balaban J connectivity index is 1.53. The molecule has 4 rings (SSSR count). The molecule has 3 nitrogen and oxygen atoms in total. The molecule has 3 aliphatic rings. The molecule has 3 heteroatoms. The predicted molar refractivity (Wildman–Crippen MR) is 85.5 cm³/mol. The summed E-state index contributed by atoms with van der Waals surface area (Å²) >= 11 is 0. The van der Waals surface area contributed by atoms with Crippen molar-refractivity contribution in [3.05, 3.63) is 29.3 Å². The van der Waals surface area contributed by atoms with Gasteiger partial charge in [-0.15, -0.1) is 0 Å². The molecule has 2 saturated carbocycles. The Morgan fingerprint density at radius 1 is 1.19 bits per heavy atom. The van der Waals surface area contributed by atoms with Crippen LogP contribution in [-0.4, -0.2) is 30.3 Å². The van der Waals surface area contributed by atoms with Gasteiger partial charge >= 0.3 is 0 Å². The standard InChI is InChI=1S/C18H26N2O/c1-12-2-6-17(14(8-12)9-19-15-4-5-15)20-10-13-3-7-18(21)16(13)11-20/h2,6,8,13,15-16,18-19,21H,3-5,7,9-11H2,1H3. The van der Waals surface area contributed by atoms with Gasteiger partial charge < -0.3 is 15.3 Å². The Hall–Kier alpha value is -1.06. The van der Waals surface area contributed by atoms with E-state index in [2.05, 4.69) is 35.3 Å². The monoisotopic (exact) mass is 286 g/mol. The van der Waals surface area contributed by atoms with Gasteiger partial charge in [-0.3, -0.25) is 0 Å². The molecule has 0 aromatic heterocycles. The maximum Gasteiger partial charge on any atom is 0.0588 e. The molecule has 2 aliphatic carbocycles. The minimum atomic E-state index is -0.0708. The van der Waals surface area contributed by atoms with Gasteiger partial charge in [0.15, 0.2) is 0 Å². The molecule has 1 aromatic carbocycles.